The SMILES string of the molecule is OCC1(NCC2CCCO2)C2CC3CC(C2)CC1C3. The van der Waals surface area contributed by atoms with E-state index in [1.54, 1.807) is 0 Å². The van der Waals surface area contributed by atoms with Crippen LogP contribution in [-0.2, 0) is 4.74 Å². The van der Waals surface area contributed by atoms with Gasteiger partial charge in [-0.1, -0.05) is 0 Å². The van der Waals surface area contributed by atoms with Gasteiger partial charge in [0.2, 0.25) is 0 Å². The Morgan fingerprint density at radius 2 is 1.74 bits per heavy atom. The highest BCUT2D eigenvalue weighted by Gasteiger charge is 2.56. The molecule has 0 aromatic carbocycles. The zero-order valence-corrected chi connectivity index (χ0v) is 11.8. The van der Waals surface area contributed by atoms with Crippen LogP contribution in [0, 0.1) is 23.7 Å². The summed E-state index contributed by atoms with van der Waals surface area (Å²) >= 11 is 0. The molecule has 0 aromatic rings. The monoisotopic (exact) mass is 265 g/mol. The van der Waals surface area contributed by atoms with Crippen LogP contribution in [0.15, 0.2) is 0 Å². The van der Waals surface area contributed by atoms with E-state index in [1.165, 1.54) is 44.9 Å². The van der Waals surface area contributed by atoms with Gasteiger partial charge < -0.3 is 15.2 Å². The summed E-state index contributed by atoms with van der Waals surface area (Å²) in [6, 6.07) is 0. The summed E-state index contributed by atoms with van der Waals surface area (Å²) in [5.74, 6) is 3.36. The number of ether oxygens (including phenoxy) is 1. The number of rotatable bonds is 4. The van der Waals surface area contributed by atoms with Crippen molar-refractivity contribution in [3.8, 4) is 0 Å². The molecule has 0 spiro atoms. The second kappa shape index (κ2) is 4.71. The molecular weight excluding hydrogens is 238 g/mol. The molecule has 1 heterocycles. The van der Waals surface area contributed by atoms with Crippen LogP contribution in [0.25, 0.3) is 0 Å². The first-order chi connectivity index (χ1) is 9.30. The average molecular weight is 265 g/mol. The van der Waals surface area contributed by atoms with Gasteiger partial charge in [-0.15, -0.1) is 0 Å². The van der Waals surface area contributed by atoms with Crippen molar-refractivity contribution in [2.24, 2.45) is 23.7 Å². The minimum atomic E-state index is 0.0272. The number of hydrogen-bond donors (Lipinski definition) is 2. The number of aliphatic hydroxyl groups is 1. The Morgan fingerprint density at radius 1 is 1.05 bits per heavy atom. The Morgan fingerprint density at radius 3 is 2.26 bits per heavy atom. The molecule has 5 aliphatic rings. The van der Waals surface area contributed by atoms with Crippen molar-refractivity contribution in [1.29, 1.82) is 0 Å². The van der Waals surface area contributed by atoms with Crippen molar-refractivity contribution in [2.75, 3.05) is 19.8 Å². The van der Waals surface area contributed by atoms with Crippen molar-refractivity contribution < 1.29 is 9.84 Å². The third kappa shape index (κ3) is 1.97. The average Bonchev–Trinajstić information content (AvgIpc) is 2.91. The van der Waals surface area contributed by atoms with Crippen LogP contribution in [0.2, 0.25) is 0 Å². The van der Waals surface area contributed by atoms with Gasteiger partial charge in [-0.05, 0) is 68.6 Å². The normalized spacial score (nSPS) is 51.9. The van der Waals surface area contributed by atoms with Crippen LogP contribution in [0.1, 0.15) is 44.9 Å². The number of nitrogens with one attached hydrogen (secondary N) is 1. The highest BCUT2D eigenvalue weighted by atomic mass is 16.5. The van der Waals surface area contributed by atoms with Crippen LogP contribution in [0.3, 0.4) is 0 Å². The van der Waals surface area contributed by atoms with Crippen molar-refractivity contribution in [3.63, 3.8) is 0 Å². The van der Waals surface area contributed by atoms with E-state index in [0.717, 1.165) is 36.8 Å². The summed E-state index contributed by atoms with van der Waals surface area (Å²) in [6.07, 6.45) is 9.67. The largest absolute Gasteiger partial charge is 0.394 e. The molecule has 108 valence electrons. The van der Waals surface area contributed by atoms with Gasteiger partial charge in [0.15, 0.2) is 0 Å². The Balaban J connectivity index is 1.49. The smallest absolute Gasteiger partial charge is 0.0700 e. The lowest BCUT2D eigenvalue weighted by Crippen LogP contribution is -2.67. The predicted octanol–water partition coefficient (Wildman–Crippen LogP) is 1.94. The van der Waals surface area contributed by atoms with E-state index in [4.69, 9.17) is 4.74 Å². The fraction of sp³-hybridized carbons (Fsp3) is 1.00. The molecule has 4 aliphatic carbocycles. The fourth-order valence-corrected chi connectivity index (χ4v) is 5.74. The molecule has 5 rings (SSSR count). The Kier molecular flexibility index (Phi) is 3.13. The Hall–Kier alpha value is -0.120. The third-order valence-electron chi connectivity index (χ3n) is 6.54. The zero-order chi connectivity index (χ0) is 12.9. The van der Waals surface area contributed by atoms with E-state index in [-0.39, 0.29) is 5.54 Å². The van der Waals surface area contributed by atoms with Gasteiger partial charge in [-0.25, -0.2) is 0 Å². The minimum absolute atomic E-state index is 0.0272. The number of aliphatic hydroxyl groups excluding tert-OH is 1. The molecule has 19 heavy (non-hydrogen) atoms. The molecule has 5 fully saturated rings. The molecule has 0 aromatic heterocycles. The van der Waals surface area contributed by atoms with Gasteiger partial charge in [-0.2, -0.15) is 0 Å². The van der Waals surface area contributed by atoms with Crippen LogP contribution in [0.5, 0.6) is 0 Å². The predicted molar refractivity (Wildman–Crippen MR) is 73.8 cm³/mol. The van der Waals surface area contributed by atoms with Crippen LogP contribution in [-0.4, -0.2) is 36.5 Å². The lowest BCUT2D eigenvalue weighted by molar-refractivity contribution is -0.0985. The molecule has 0 amide bonds. The quantitative estimate of drug-likeness (QED) is 0.816. The van der Waals surface area contributed by atoms with Gasteiger partial charge in [0, 0.05) is 18.7 Å². The summed E-state index contributed by atoms with van der Waals surface area (Å²) in [4.78, 5) is 0. The Bertz CT molecular complexity index is 310. The number of hydrogen-bond acceptors (Lipinski definition) is 3. The summed E-state index contributed by atoms with van der Waals surface area (Å²) in [5, 5.41) is 13.9. The van der Waals surface area contributed by atoms with Crippen molar-refractivity contribution >= 4 is 0 Å². The van der Waals surface area contributed by atoms with Gasteiger partial charge in [0.25, 0.3) is 0 Å². The summed E-state index contributed by atoms with van der Waals surface area (Å²) in [5.41, 5.74) is 0.0272. The summed E-state index contributed by atoms with van der Waals surface area (Å²) in [6.45, 7) is 2.20. The van der Waals surface area contributed by atoms with Gasteiger partial charge in [-0.3, -0.25) is 0 Å². The van der Waals surface area contributed by atoms with E-state index in [2.05, 4.69) is 5.32 Å². The van der Waals surface area contributed by atoms with Crippen LogP contribution < -0.4 is 5.32 Å². The molecule has 3 heteroatoms. The first-order valence-corrected chi connectivity index (χ1v) is 8.27. The van der Waals surface area contributed by atoms with Gasteiger partial charge in [0.05, 0.1) is 12.7 Å². The van der Waals surface area contributed by atoms with Gasteiger partial charge >= 0.3 is 0 Å². The highest BCUT2D eigenvalue weighted by molar-refractivity contribution is 5.11. The van der Waals surface area contributed by atoms with Crippen molar-refractivity contribution in [2.45, 2.75) is 56.6 Å². The first-order valence-electron chi connectivity index (χ1n) is 8.27. The molecule has 2 N–H and O–H groups in total. The minimum Gasteiger partial charge on any atom is -0.394 e. The van der Waals surface area contributed by atoms with E-state index >= 15 is 0 Å². The molecule has 1 unspecified atom stereocenters. The maximum atomic E-state index is 10.1. The Labute approximate surface area is 116 Å². The second-order valence-electron chi connectivity index (χ2n) is 7.52. The molecule has 1 saturated heterocycles. The molecule has 4 saturated carbocycles. The fourth-order valence-electron chi connectivity index (χ4n) is 5.74. The molecule has 1 atom stereocenters. The standard InChI is InChI=1S/C16H27NO2/c18-10-16(17-9-15-2-1-3-19-15)13-5-11-4-12(7-13)8-14(16)6-11/h11-15,17-18H,1-10H2. The third-order valence-corrected chi connectivity index (χ3v) is 6.54. The molecular formula is C16H27NO2. The maximum absolute atomic E-state index is 10.1. The molecule has 3 nitrogen and oxygen atoms in total. The van der Waals surface area contributed by atoms with Crippen molar-refractivity contribution in [1.82, 2.24) is 5.32 Å². The molecule has 0 radical (unpaired) electrons. The van der Waals surface area contributed by atoms with E-state index in [1.807, 2.05) is 0 Å². The topological polar surface area (TPSA) is 41.5 Å². The second-order valence-corrected chi connectivity index (χ2v) is 7.52. The first kappa shape index (κ1) is 12.6. The molecule has 1 aliphatic heterocycles. The van der Waals surface area contributed by atoms with E-state index in [0.29, 0.717) is 12.7 Å². The summed E-state index contributed by atoms with van der Waals surface area (Å²) in [7, 11) is 0. The maximum Gasteiger partial charge on any atom is 0.0700 e. The van der Waals surface area contributed by atoms with Gasteiger partial charge in [0.1, 0.15) is 0 Å². The van der Waals surface area contributed by atoms with Crippen molar-refractivity contribution in [3.05, 3.63) is 0 Å². The zero-order valence-electron chi connectivity index (χ0n) is 11.8. The lowest BCUT2D eigenvalue weighted by Gasteiger charge is -2.61. The highest BCUT2D eigenvalue weighted by Crippen LogP contribution is 2.58. The van der Waals surface area contributed by atoms with E-state index in [9.17, 15) is 5.11 Å². The molecule has 4 bridgehead atoms. The van der Waals surface area contributed by atoms with E-state index < -0.39 is 0 Å². The lowest BCUT2D eigenvalue weighted by atomic mass is 9.48. The van der Waals surface area contributed by atoms with Crippen LogP contribution >= 0.6 is 0 Å². The summed E-state index contributed by atoms with van der Waals surface area (Å²) < 4.78 is 5.74. The van der Waals surface area contributed by atoms with Crippen LogP contribution in [0.4, 0.5) is 0 Å².